The maximum Gasteiger partial charge on any atom is 0.245 e. The van der Waals surface area contributed by atoms with Gasteiger partial charge in [-0.1, -0.05) is 24.8 Å². The molecule has 7 nitrogen and oxygen atoms in total. The fourth-order valence-corrected chi connectivity index (χ4v) is 4.40. The Kier molecular flexibility index (Phi) is 5.52. The SMILES string of the molecule is C=CC(=O)N1CCC[C@@H](c2nc(-c3ccc(Oc4ccccc4)cc3)c3c(N)nccn23)C1. The van der Waals surface area contributed by atoms with E-state index >= 15 is 0 Å². The van der Waals surface area contributed by atoms with Gasteiger partial charge in [0.05, 0.1) is 0 Å². The van der Waals surface area contributed by atoms with Gasteiger partial charge in [-0.05, 0) is 55.3 Å². The Morgan fingerprint density at radius 2 is 1.88 bits per heavy atom. The van der Waals surface area contributed by atoms with Gasteiger partial charge in [0.1, 0.15) is 34.4 Å². The minimum absolute atomic E-state index is 0.0454. The van der Waals surface area contributed by atoms with E-state index in [1.807, 2.05) is 70.1 Å². The predicted molar refractivity (Wildman–Crippen MR) is 128 cm³/mol. The number of rotatable bonds is 5. The molecule has 33 heavy (non-hydrogen) atoms. The third kappa shape index (κ3) is 4.05. The number of hydrogen-bond acceptors (Lipinski definition) is 5. The second-order valence-electron chi connectivity index (χ2n) is 8.12. The number of benzene rings is 2. The number of carbonyl (C=O) groups is 1. The van der Waals surface area contributed by atoms with Crippen LogP contribution in [0.5, 0.6) is 11.5 Å². The van der Waals surface area contributed by atoms with Crippen molar-refractivity contribution in [1.82, 2.24) is 19.3 Å². The van der Waals surface area contributed by atoms with Crippen molar-refractivity contribution in [2.75, 3.05) is 18.8 Å². The molecule has 0 aliphatic carbocycles. The molecule has 4 aromatic rings. The van der Waals surface area contributed by atoms with Gasteiger partial charge in [0.15, 0.2) is 0 Å². The molecule has 0 saturated carbocycles. The molecule has 2 aromatic carbocycles. The van der Waals surface area contributed by atoms with Crippen LogP contribution < -0.4 is 10.5 Å². The van der Waals surface area contributed by atoms with Crippen LogP contribution in [-0.4, -0.2) is 38.3 Å². The highest BCUT2D eigenvalue weighted by Crippen LogP contribution is 2.34. The lowest BCUT2D eigenvalue weighted by Gasteiger charge is -2.31. The number of ether oxygens (including phenoxy) is 1. The molecule has 1 fully saturated rings. The Labute approximate surface area is 192 Å². The zero-order chi connectivity index (χ0) is 22.8. The number of aromatic nitrogens is 3. The maximum absolute atomic E-state index is 12.2. The molecule has 0 unspecified atom stereocenters. The van der Waals surface area contributed by atoms with Crippen LogP contribution in [0.15, 0.2) is 79.6 Å². The van der Waals surface area contributed by atoms with Crippen molar-refractivity contribution >= 4 is 17.2 Å². The van der Waals surface area contributed by atoms with Crippen molar-refractivity contribution in [1.29, 1.82) is 0 Å². The lowest BCUT2D eigenvalue weighted by atomic mass is 9.97. The first-order valence-electron chi connectivity index (χ1n) is 11.0. The number of amides is 1. The number of imidazole rings is 1. The van der Waals surface area contributed by atoms with Crippen LogP contribution in [0.3, 0.4) is 0 Å². The van der Waals surface area contributed by atoms with E-state index in [0.717, 1.165) is 53.5 Å². The summed E-state index contributed by atoms with van der Waals surface area (Å²) in [7, 11) is 0. The first-order chi connectivity index (χ1) is 16.1. The number of likely N-dealkylation sites (tertiary alicyclic amines) is 1. The quantitative estimate of drug-likeness (QED) is 0.457. The standard InChI is InChI=1S/C26H25N5O2/c1-2-22(32)30-15-6-7-19(17-30)26-29-23(24-25(27)28-14-16-31(24)26)18-10-12-21(13-11-18)33-20-8-4-3-5-9-20/h2-5,8-14,16,19H,1,6-7,15,17H2,(H2,27,28)/t19-/m1/s1. The van der Waals surface area contributed by atoms with Gasteiger partial charge in [-0.25, -0.2) is 9.97 Å². The van der Waals surface area contributed by atoms with Crippen LogP contribution in [0.1, 0.15) is 24.6 Å². The molecular formula is C26H25N5O2. The second-order valence-corrected chi connectivity index (χ2v) is 8.12. The van der Waals surface area contributed by atoms with E-state index < -0.39 is 0 Å². The normalized spacial score (nSPS) is 16.0. The lowest BCUT2D eigenvalue weighted by Crippen LogP contribution is -2.38. The number of nitrogen functional groups attached to an aromatic ring is 1. The van der Waals surface area contributed by atoms with Crippen LogP contribution in [0.25, 0.3) is 16.8 Å². The summed E-state index contributed by atoms with van der Waals surface area (Å²) in [4.78, 5) is 23.3. The summed E-state index contributed by atoms with van der Waals surface area (Å²) in [6.45, 7) is 4.97. The third-order valence-corrected chi connectivity index (χ3v) is 5.99. The highest BCUT2D eigenvalue weighted by Gasteiger charge is 2.28. The molecular weight excluding hydrogens is 414 g/mol. The van der Waals surface area contributed by atoms with Crippen molar-refractivity contribution in [3.05, 3.63) is 85.5 Å². The summed E-state index contributed by atoms with van der Waals surface area (Å²) in [5.74, 6) is 2.89. The van der Waals surface area contributed by atoms with Crippen molar-refractivity contribution < 1.29 is 9.53 Å². The molecule has 3 heterocycles. The Bertz CT molecular complexity index is 1300. The highest BCUT2D eigenvalue weighted by atomic mass is 16.5. The van der Waals surface area contributed by atoms with Gasteiger partial charge in [-0.2, -0.15) is 0 Å². The van der Waals surface area contributed by atoms with Crippen LogP contribution in [0.4, 0.5) is 5.82 Å². The van der Waals surface area contributed by atoms with Crippen LogP contribution in [0.2, 0.25) is 0 Å². The zero-order valence-corrected chi connectivity index (χ0v) is 18.2. The highest BCUT2D eigenvalue weighted by molar-refractivity contribution is 5.87. The molecule has 5 rings (SSSR count). The first kappa shape index (κ1) is 20.8. The minimum atomic E-state index is -0.0454. The summed E-state index contributed by atoms with van der Waals surface area (Å²) < 4.78 is 7.93. The fourth-order valence-electron chi connectivity index (χ4n) is 4.40. The molecule has 166 valence electrons. The number of piperidine rings is 1. The van der Waals surface area contributed by atoms with Crippen molar-refractivity contribution in [2.24, 2.45) is 0 Å². The molecule has 1 saturated heterocycles. The molecule has 7 heteroatoms. The number of nitrogens with zero attached hydrogens (tertiary/aromatic N) is 4. The summed E-state index contributed by atoms with van der Waals surface area (Å²) in [5, 5.41) is 0. The summed E-state index contributed by atoms with van der Waals surface area (Å²) in [6, 6.07) is 17.5. The maximum atomic E-state index is 12.2. The second kappa shape index (κ2) is 8.78. The van der Waals surface area contributed by atoms with Crippen LogP contribution in [-0.2, 0) is 4.79 Å². The van der Waals surface area contributed by atoms with E-state index in [-0.39, 0.29) is 11.8 Å². The Balaban J connectivity index is 1.50. The number of para-hydroxylation sites is 1. The van der Waals surface area contributed by atoms with Crippen molar-refractivity contribution in [2.45, 2.75) is 18.8 Å². The molecule has 1 aliphatic heterocycles. The minimum Gasteiger partial charge on any atom is -0.457 e. The number of carbonyl (C=O) groups excluding carboxylic acids is 1. The van der Waals surface area contributed by atoms with Gasteiger partial charge in [0.2, 0.25) is 5.91 Å². The van der Waals surface area contributed by atoms with E-state index in [2.05, 4.69) is 11.6 Å². The van der Waals surface area contributed by atoms with E-state index in [1.165, 1.54) is 6.08 Å². The Morgan fingerprint density at radius 3 is 2.64 bits per heavy atom. The molecule has 2 N–H and O–H groups in total. The Morgan fingerprint density at radius 1 is 1.12 bits per heavy atom. The molecule has 2 aromatic heterocycles. The zero-order valence-electron chi connectivity index (χ0n) is 18.2. The van der Waals surface area contributed by atoms with Crippen molar-refractivity contribution in [3.63, 3.8) is 0 Å². The largest absolute Gasteiger partial charge is 0.457 e. The molecule has 1 amide bonds. The third-order valence-electron chi connectivity index (χ3n) is 5.99. The fraction of sp³-hybridized carbons (Fsp3) is 0.192. The van der Waals surface area contributed by atoms with E-state index in [9.17, 15) is 4.79 Å². The van der Waals surface area contributed by atoms with Gasteiger partial charge < -0.3 is 15.4 Å². The number of nitrogens with two attached hydrogens (primary N) is 1. The van der Waals surface area contributed by atoms with E-state index in [4.69, 9.17) is 15.5 Å². The van der Waals surface area contributed by atoms with Gasteiger partial charge >= 0.3 is 0 Å². The average Bonchev–Trinajstić information content (AvgIpc) is 3.26. The first-order valence-corrected chi connectivity index (χ1v) is 11.0. The topological polar surface area (TPSA) is 85.8 Å². The number of hydrogen-bond donors (Lipinski definition) is 1. The van der Waals surface area contributed by atoms with Gasteiger partial charge in [0.25, 0.3) is 0 Å². The van der Waals surface area contributed by atoms with Crippen molar-refractivity contribution in [3.8, 4) is 22.8 Å². The molecule has 0 radical (unpaired) electrons. The molecule has 0 spiro atoms. The predicted octanol–water partition coefficient (Wildman–Crippen LogP) is 4.66. The Hall–Kier alpha value is -4.13. The van der Waals surface area contributed by atoms with E-state index in [1.54, 1.807) is 6.20 Å². The van der Waals surface area contributed by atoms with Crippen LogP contribution in [0, 0.1) is 0 Å². The summed E-state index contributed by atoms with van der Waals surface area (Å²) in [5.41, 5.74) is 8.76. The number of anilines is 1. The van der Waals surface area contributed by atoms with E-state index in [0.29, 0.717) is 12.4 Å². The molecule has 1 aliphatic rings. The number of fused-ring (bicyclic) bond motifs is 1. The smallest absolute Gasteiger partial charge is 0.245 e. The lowest BCUT2D eigenvalue weighted by molar-refractivity contribution is -0.127. The van der Waals surface area contributed by atoms with Gasteiger partial charge in [-0.15, -0.1) is 0 Å². The molecule has 0 bridgehead atoms. The average molecular weight is 440 g/mol. The summed E-state index contributed by atoms with van der Waals surface area (Å²) in [6.07, 6.45) is 6.81. The molecule has 1 atom stereocenters. The van der Waals surface area contributed by atoms with Crippen LogP contribution >= 0.6 is 0 Å². The van der Waals surface area contributed by atoms with Gasteiger partial charge in [0, 0.05) is 37.0 Å². The summed E-state index contributed by atoms with van der Waals surface area (Å²) >= 11 is 0. The monoisotopic (exact) mass is 439 g/mol. The van der Waals surface area contributed by atoms with Gasteiger partial charge in [-0.3, -0.25) is 9.20 Å².